The van der Waals surface area contributed by atoms with Gasteiger partial charge in [0, 0.05) is 27.0 Å². The van der Waals surface area contributed by atoms with Gasteiger partial charge in [0.1, 0.15) is 5.82 Å². The highest BCUT2D eigenvalue weighted by atomic mass is 127. The monoisotopic (exact) mass is 405 g/mol. The molecule has 2 aromatic rings. The molecule has 1 unspecified atom stereocenters. The van der Waals surface area contributed by atoms with Crippen molar-refractivity contribution in [1.82, 2.24) is 9.55 Å². The van der Waals surface area contributed by atoms with Crippen LogP contribution in [0.4, 0.5) is 0 Å². The molecule has 0 radical (unpaired) electrons. The summed E-state index contributed by atoms with van der Waals surface area (Å²) >= 11 is 5.78. The van der Waals surface area contributed by atoms with Crippen LogP contribution in [0.3, 0.4) is 0 Å². The Morgan fingerprint density at radius 3 is 3.00 bits per heavy atom. The van der Waals surface area contributed by atoms with E-state index in [1.165, 1.54) is 0 Å². The van der Waals surface area contributed by atoms with E-state index < -0.39 is 0 Å². The van der Waals surface area contributed by atoms with E-state index in [1.807, 2.05) is 12.3 Å². The third-order valence-electron chi connectivity index (χ3n) is 2.66. The number of imidazole rings is 1. The molecule has 0 spiro atoms. The molecule has 5 heteroatoms. The maximum Gasteiger partial charge on any atom is 0.130 e. The highest BCUT2D eigenvalue weighted by Gasteiger charge is 2.16. The standard InChI is InChI=1S/C12H13BrIN3/c1-2-17-6-5-16-12(17)11(15)9-7-8(13)3-4-10(9)14/h3-7,11H,2,15H2,1H3. The maximum atomic E-state index is 6.30. The molecule has 1 atom stereocenters. The summed E-state index contributed by atoms with van der Waals surface area (Å²) in [5.74, 6) is 0.906. The minimum atomic E-state index is -0.186. The lowest BCUT2D eigenvalue weighted by Gasteiger charge is -2.15. The first-order chi connectivity index (χ1) is 8.13. The summed E-state index contributed by atoms with van der Waals surface area (Å²) in [5, 5.41) is 0. The summed E-state index contributed by atoms with van der Waals surface area (Å²) in [6.07, 6.45) is 3.75. The molecule has 0 amide bonds. The molecular formula is C12H13BrIN3. The van der Waals surface area contributed by atoms with Crippen molar-refractivity contribution in [1.29, 1.82) is 0 Å². The third kappa shape index (κ3) is 2.71. The van der Waals surface area contributed by atoms with Crippen LogP contribution in [0.25, 0.3) is 0 Å². The molecule has 1 heterocycles. The summed E-state index contributed by atoms with van der Waals surface area (Å²) < 4.78 is 4.27. The van der Waals surface area contributed by atoms with E-state index in [1.54, 1.807) is 6.20 Å². The molecule has 90 valence electrons. The second-order valence-corrected chi connectivity index (χ2v) is 5.79. The Kier molecular flexibility index (Phi) is 4.22. The van der Waals surface area contributed by atoms with Crippen molar-refractivity contribution in [3.8, 4) is 0 Å². The van der Waals surface area contributed by atoms with Crippen molar-refractivity contribution in [2.24, 2.45) is 5.73 Å². The Morgan fingerprint density at radius 2 is 2.29 bits per heavy atom. The van der Waals surface area contributed by atoms with Crippen LogP contribution in [0.15, 0.2) is 35.1 Å². The Morgan fingerprint density at radius 1 is 1.53 bits per heavy atom. The quantitative estimate of drug-likeness (QED) is 0.796. The molecule has 0 aliphatic rings. The molecule has 17 heavy (non-hydrogen) atoms. The van der Waals surface area contributed by atoms with E-state index >= 15 is 0 Å². The molecular weight excluding hydrogens is 393 g/mol. The number of nitrogens with two attached hydrogens (primary N) is 1. The first-order valence-corrected chi connectivity index (χ1v) is 7.22. The SMILES string of the molecule is CCn1ccnc1C(N)c1cc(Br)ccc1I. The number of hydrogen-bond acceptors (Lipinski definition) is 2. The number of aromatic nitrogens is 2. The fourth-order valence-electron chi connectivity index (χ4n) is 1.76. The van der Waals surface area contributed by atoms with Crippen LogP contribution in [0.5, 0.6) is 0 Å². The molecule has 2 N–H and O–H groups in total. The van der Waals surface area contributed by atoms with Gasteiger partial charge in [-0.3, -0.25) is 0 Å². The minimum Gasteiger partial charge on any atom is -0.334 e. The Balaban J connectivity index is 2.43. The van der Waals surface area contributed by atoms with E-state index in [-0.39, 0.29) is 6.04 Å². The van der Waals surface area contributed by atoms with Crippen LogP contribution in [-0.2, 0) is 6.54 Å². The molecule has 1 aromatic carbocycles. The van der Waals surface area contributed by atoms with E-state index in [2.05, 4.69) is 67.1 Å². The largest absolute Gasteiger partial charge is 0.334 e. The number of aryl methyl sites for hydroxylation is 1. The van der Waals surface area contributed by atoms with Crippen LogP contribution >= 0.6 is 38.5 Å². The van der Waals surface area contributed by atoms with Gasteiger partial charge < -0.3 is 10.3 Å². The van der Waals surface area contributed by atoms with Gasteiger partial charge in [-0.15, -0.1) is 0 Å². The predicted molar refractivity (Wildman–Crippen MR) is 80.8 cm³/mol. The van der Waals surface area contributed by atoms with Gasteiger partial charge in [-0.2, -0.15) is 0 Å². The second kappa shape index (κ2) is 5.49. The van der Waals surface area contributed by atoms with E-state index in [9.17, 15) is 0 Å². The molecule has 3 nitrogen and oxygen atoms in total. The van der Waals surface area contributed by atoms with Crippen LogP contribution in [0, 0.1) is 3.57 Å². The topological polar surface area (TPSA) is 43.8 Å². The summed E-state index contributed by atoms with van der Waals surface area (Å²) in [6.45, 7) is 2.97. The summed E-state index contributed by atoms with van der Waals surface area (Å²) in [6, 6.07) is 5.94. The van der Waals surface area contributed by atoms with Gasteiger partial charge in [-0.1, -0.05) is 15.9 Å². The number of hydrogen-bond donors (Lipinski definition) is 1. The van der Waals surface area contributed by atoms with Crippen LogP contribution < -0.4 is 5.73 Å². The van der Waals surface area contributed by atoms with Crippen molar-refractivity contribution >= 4 is 38.5 Å². The van der Waals surface area contributed by atoms with Crippen molar-refractivity contribution in [3.63, 3.8) is 0 Å². The predicted octanol–water partition coefficient (Wildman–Crippen LogP) is 3.32. The number of rotatable bonds is 3. The molecule has 0 bridgehead atoms. The van der Waals surface area contributed by atoms with Crippen molar-refractivity contribution in [3.05, 3.63) is 50.0 Å². The molecule has 1 aromatic heterocycles. The van der Waals surface area contributed by atoms with Gasteiger partial charge in [0.2, 0.25) is 0 Å². The van der Waals surface area contributed by atoms with E-state index in [0.29, 0.717) is 0 Å². The lowest BCUT2D eigenvalue weighted by Crippen LogP contribution is -2.18. The van der Waals surface area contributed by atoms with Crippen LogP contribution in [0.1, 0.15) is 24.4 Å². The summed E-state index contributed by atoms with van der Waals surface area (Å²) in [7, 11) is 0. The van der Waals surface area contributed by atoms with Crippen molar-refractivity contribution in [2.45, 2.75) is 19.5 Å². The fraction of sp³-hybridized carbons (Fsp3) is 0.250. The smallest absolute Gasteiger partial charge is 0.130 e. The van der Waals surface area contributed by atoms with Gasteiger partial charge >= 0.3 is 0 Å². The van der Waals surface area contributed by atoms with Crippen LogP contribution in [0.2, 0.25) is 0 Å². The molecule has 0 saturated carbocycles. The molecule has 0 fully saturated rings. The van der Waals surface area contributed by atoms with Crippen molar-refractivity contribution in [2.75, 3.05) is 0 Å². The zero-order valence-electron chi connectivity index (χ0n) is 9.40. The first kappa shape index (κ1) is 13.0. The summed E-state index contributed by atoms with van der Waals surface area (Å²) in [5.41, 5.74) is 7.40. The zero-order chi connectivity index (χ0) is 12.4. The Hall–Kier alpha value is -0.400. The van der Waals surface area contributed by atoms with Crippen LogP contribution in [-0.4, -0.2) is 9.55 Å². The maximum absolute atomic E-state index is 6.30. The van der Waals surface area contributed by atoms with E-state index in [0.717, 1.165) is 26.0 Å². The highest BCUT2D eigenvalue weighted by molar-refractivity contribution is 14.1. The Labute approximate surface area is 123 Å². The lowest BCUT2D eigenvalue weighted by atomic mass is 10.1. The van der Waals surface area contributed by atoms with Gasteiger partial charge in [0.25, 0.3) is 0 Å². The van der Waals surface area contributed by atoms with Crippen molar-refractivity contribution < 1.29 is 0 Å². The number of halogens is 2. The fourth-order valence-corrected chi connectivity index (χ4v) is 2.81. The molecule has 0 saturated heterocycles. The third-order valence-corrected chi connectivity index (χ3v) is 4.14. The highest BCUT2D eigenvalue weighted by Crippen LogP contribution is 2.26. The minimum absolute atomic E-state index is 0.186. The summed E-state index contributed by atoms with van der Waals surface area (Å²) in [4.78, 5) is 4.35. The first-order valence-electron chi connectivity index (χ1n) is 5.35. The molecule has 2 rings (SSSR count). The van der Waals surface area contributed by atoms with Gasteiger partial charge in [0.15, 0.2) is 0 Å². The normalized spacial score (nSPS) is 12.7. The second-order valence-electron chi connectivity index (χ2n) is 3.71. The van der Waals surface area contributed by atoms with Gasteiger partial charge in [-0.05, 0) is 53.3 Å². The number of nitrogens with zero attached hydrogens (tertiary/aromatic N) is 2. The number of benzene rings is 1. The molecule has 0 aliphatic carbocycles. The Bertz CT molecular complexity index is 524. The van der Waals surface area contributed by atoms with Gasteiger partial charge in [0.05, 0.1) is 6.04 Å². The van der Waals surface area contributed by atoms with Gasteiger partial charge in [-0.25, -0.2) is 4.98 Å². The average Bonchev–Trinajstić information content (AvgIpc) is 2.79. The lowest BCUT2D eigenvalue weighted by molar-refractivity contribution is 0.655. The molecule has 0 aliphatic heterocycles. The zero-order valence-corrected chi connectivity index (χ0v) is 13.1. The average molecular weight is 406 g/mol. The van der Waals surface area contributed by atoms with E-state index in [4.69, 9.17) is 5.73 Å².